The first-order chi connectivity index (χ1) is 21.9. The van der Waals surface area contributed by atoms with Crippen molar-refractivity contribution in [1.29, 1.82) is 0 Å². The van der Waals surface area contributed by atoms with Gasteiger partial charge in [0.2, 0.25) is 11.8 Å². The van der Waals surface area contributed by atoms with E-state index in [-0.39, 0.29) is 48.1 Å². The quantitative estimate of drug-likeness (QED) is 0.435. The number of methoxy groups -OCH3 is 1. The third-order valence-corrected chi connectivity index (χ3v) is 10.6. The number of aromatic nitrogens is 2. The molecular weight excluding hydrogens is 598 g/mol. The molecule has 6 rings (SSSR count). The number of carbonyl (C=O) groups is 3. The third-order valence-electron chi connectivity index (χ3n) is 10.6. The lowest BCUT2D eigenvalue weighted by atomic mass is 9.79. The van der Waals surface area contributed by atoms with E-state index in [9.17, 15) is 14.4 Å². The maximum absolute atomic E-state index is 16.0. The van der Waals surface area contributed by atoms with Crippen LogP contribution in [0, 0.1) is 17.3 Å². The molecule has 2 saturated carbocycles. The van der Waals surface area contributed by atoms with E-state index >= 15 is 8.78 Å². The fourth-order valence-corrected chi connectivity index (χ4v) is 7.85. The number of hydrogen-bond acceptors (Lipinski definition) is 8. The summed E-state index contributed by atoms with van der Waals surface area (Å²) >= 11 is 0. The van der Waals surface area contributed by atoms with Gasteiger partial charge in [0.1, 0.15) is 24.0 Å². The van der Waals surface area contributed by atoms with Crippen LogP contribution in [-0.2, 0) is 20.2 Å². The summed E-state index contributed by atoms with van der Waals surface area (Å²) in [6, 6.07) is 3.07. The van der Waals surface area contributed by atoms with Crippen LogP contribution >= 0.6 is 0 Å². The van der Waals surface area contributed by atoms with Crippen LogP contribution in [0.5, 0.6) is 11.6 Å². The van der Waals surface area contributed by atoms with Gasteiger partial charge >= 0.3 is 6.09 Å². The van der Waals surface area contributed by atoms with E-state index in [1.807, 2.05) is 13.8 Å². The summed E-state index contributed by atoms with van der Waals surface area (Å²) in [4.78, 5) is 51.2. The Bertz CT molecular complexity index is 1500. The van der Waals surface area contributed by atoms with Gasteiger partial charge in [-0.3, -0.25) is 9.59 Å². The Morgan fingerprint density at radius 2 is 1.80 bits per heavy atom. The number of fused-ring (bicyclic) bond motifs is 5. The molecule has 1 N–H and O–H groups in total. The number of ketones is 1. The van der Waals surface area contributed by atoms with Crippen LogP contribution in [0.25, 0.3) is 11.0 Å². The van der Waals surface area contributed by atoms with Crippen LogP contribution in [0.2, 0.25) is 0 Å². The molecule has 4 aliphatic rings. The second kappa shape index (κ2) is 12.6. The van der Waals surface area contributed by atoms with Gasteiger partial charge in [-0.1, -0.05) is 33.1 Å². The number of hydrogen-bond donors (Lipinski definition) is 1. The van der Waals surface area contributed by atoms with Crippen molar-refractivity contribution in [2.24, 2.45) is 17.3 Å². The van der Waals surface area contributed by atoms with Gasteiger partial charge in [-0.15, -0.1) is 0 Å². The molecule has 0 radical (unpaired) electrons. The van der Waals surface area contributed by atoms with Crippen LogP contribution in [0.1, 0.15) is 90.7 Å². The SMILES string of the molecule is CC[C@@H]1[C@@H]2CN(C(=O)[C@H](C3(C)CCCC3)NC(=O)O[C@@H]3C[C@H]3CCCCC(F)(F)c3nc4ccc(OC)cc4nc3O2)[C@@H]1C(C)=O. The predicted octanol–water partition coefficient (Wildman–Crippen LogP) is 5.94. The summed E-state index contributed by atoms with van der Waals surface area (Å²) in [5.41, 5.74) is -0.473. The number of Topliss-reactive ketones (excluding diaryl/α,β-unsaturated/α-hetero) is 1. The minimum Gasteiger partial charge on any atom is -0.497 e. The molecule has 2 aliphatic carbocycles. The van der Waals surface area contributed by atoms with Gasteiger partial charge in [0.05, 0.1) is 30.7 Å². The molecule has 1 saturated heterocycles. The predicted molar refractivity (Wildman–Crippen MR) is 165 cm³/mol. The number of halogens is 2. The first kappa shape index (κ1) is 32.4. The highest BCUT2D eigenvalue weighted by molar-refractivity contribution is 5.93. The number of alkyl halides is 2. The Balaban J connectivity index is 1.42. The highest BCUT2D eigenvalue weighted by Gasteiger charge is 2.53. The number of alkyl carbamates (subject to hydrolysis) is 1. The molecule has 2 aromatic rings. The van der Waals surface area contributed by atoms with Crippen LogP contribution < -0.4 is 14.8 Å². The number of nitrogens with one attached hydrogen (secondary N) is 1. The van der Waals surface area contributed by atoms with E-state index in [2.05, 4.69) is 15.3 Å². The average molecular weight is 643 g/mol. The highest BCUT2D eigenvalue weighted by atomic mass is 19.3. The molecule has 1 aromatic heterocycles. The van der Waals surface area contributed by atoms with E-state index < -0.39 is 53.7 Å². The van der Waals surface area contributed by atoms with Crippen molar-refractivity contribution >= 4 is 28.8 Å². The molecule has 2 amide bonds. The van der Waals surface area contributed by atoms with Gasteiger partial charge in [0.25, 0.3) is 5.92 Å². The van der Waals surface area contributed by atoms with Gasteiger partial charge < -0.3 is 24.4 Å². The molecule has 1 aromatic carbocycles. The maximum atomic E-state index is 16.0. The zero-order valence-corrected chi connectivity index (χ0v) is 27.0. The molecule has 2 bridgehead atoms. The van der Waals surface area contributed by atoms with Crippen molar-refractivity contribution < 1.29 is 37.4 Å². The Morgan fingerprint density at radius 1 is 1.07 bits per heavy atom. The number of ether oxygens (including phenoxy) is 3. The van der Waals surface area contributed by atoms with E-state index in [0.717, 1.165) is 25.7 Å². The standard InChI is InChI=1S/C34H44F2N4O6/c1-5-22-26-18-40(27(22)19(2)41)31(42)29(33(3)13-8-9-14-33)39-32(43)46-25-16-20(25)10-6-7-15-34(35,36)28-30(45-26)38-24-17-21(44-4)11-12-23(24)37-28/h11-12,17,20,22,25-27,29H,5-10,13-16,18H2,1-4H3,(H,39,43)/t20-,22-,25-,26+,27-,29-/m1/s1. The van der Waals surface area contributed by atoms with E-state index in [4.69, 9.17) is 14.2 Å². The first-order valence-electron chi connectivity index (χ1n) is 16.6. The summed E-state index contributed by atoms with van der Waals surface area (Å²) in [6.45, 7) is 5.27. The van der Waals surface area contributed by atoms with Crippen LogP contribution in [0.3, 0.4) is 0 Å². The normalized spacial score (nSPS) is 31.0. The Labute approximate surface area is 267 Å². The van der Waals surface area contributed by atoms with Crippen molar-refractivity contribution in [2.45, 2.75) is 115 Å². The Morgan fingerprint density at radius 3 is 2.50 bits per heavy atom. The van der Waals surface area contributed by atoms with Crippen molar-refractivity contribution in [1.82, 2.24) is 20.2 Å². The molecule has 12 heteroatoms. The molecule has 0 unspecified atom stereocenters. The monoisotopic (exact) mass is 642 g/mol. The Kier molecular flexibility index (Phi) is 8.84. The first-order valence-corrected chi connectivity index (χ1v) is 16.6. The average Bonchev–Trinajstić information content (AvgIpc) is 3.40. The van der Waals surface area contributed by atoms with E-state index in [0.29, 0.717) is 36.9 Å². The largest absolute Gasteiger partial charge is 0.497 e. The highest BCUT2D eigenvalue weighted by Crippen LogP contribution is 2.45. The van der Waals surface area contributed by atoms with Crippen LogP contribution in [0.4, 0.5) is 13.6 Å². The van der Waals surface area contributed by atoms with Crippen molar-refractivity contribution in [3.8, 4) is 11.6 Å². The number of rotatable bonds is 4. The van der Waals surface area contributed by atoms with Crippen LogP contribution in [-0.4, -0.2) is 70.6 Å². The van der Waals surface area contributed by atoms with Gasteiger partial charge in [0.15, 0.2) is 11.5 Å². The maximum Gasteiger partial charge on any atom is 0.408 e. The van der Waals surface area contributed by atoms with Crippen molar-refractivity contribution in [3.05, 3.63) is 23.9 Å². The second-order valence-electron chi connectivity index (χ2n) is 13.8. The fourth-order valence-electron chi connectivity index (χ4n) is 7.85. The molecule has 250 valence electrons. The zero-order valence-electron chi connectivity index (χ0n) is 27.0. The number of carbonyl (C=O) groups excluding carboxylic acids is 3. The summed E-state index contributed by atoms with van der Waals surface area (Å²) in [5, 5.41) is 2.91. The van der Waals surface area contributed by atoms with E-state index in [1.165, 1.54) is 18.9 Å². The molecule has 6 atom stereocenters. The topological polar surface area (TPSA) is 120 Å². The number of nitrogens with zero attached hydrogens (tertiary/aromatic N) is 3. The van der Waals surface area contributed by atoms with Gasteiger partial charge in [-0.2, -0.15) is 8.78 Å². The minimum atomic E-state index is -3.35. The lowest BCUT2D eigenvalue weighted by Gasteiger charge is -2.37. The zero-order chi connectivity index (χ0) is 32.8. The number of benzene rings is 1. The minimum absolute atomic E-state index is 0.0293. The van der Waals surface area contributed by atoms with Crippen molar-refractivity contribution in [2.75, 3.05) is 13.7 Å². The molecule has 3 heterocycles. The Hall–Kier alpha value is -3.57. The molecule has 3 fully saturated rings. The van der Waals surface area contributed by atoms with E-state index in [1.54, 1.807) is 18.2 Å². The smallest absolute Gasteiger partial charge is 0.408 e. The lowest BCUT2D eigenvalue weighted by molar-refractivity contribution is -0.142. The molecule has 10 nitrogen and oxygen atoms in total. The summed E-state index contributed by atoms with van der Waals surface area (Å²) in [5.74, 6) is -4.20. The third kappa shape index (κ3) is 6.23. The van der Waals surface area contributed by atoms with Crippen molar-refractivity contribution in [3.63, 3.8) is 0 Å². The van der Waals surface area contributed by atoms with Crippen LogP contribution in [0.15, 0.2) is 18.2 Å². The molecule has 0 spiro atoms. The molecule has 46 heavy (non-hydrogen) atoms. The van der Waals surface area contributed by atoms with Gasteiger partial charge in [-0.05, 0) is 68.9 Å². The fraction of sp³-hybridized carbons (Fsp3) is 0.676. The summed E-state index contributed by atoms with van der Waals surface area (Å²) in [6.07, 6.45) is 3.60. The summed E-state index contributed by atoms with van der Waals surface area (Å²) in [7, 11) is 1.50. The number of amides is 2. The molecular formula is C34H44F2N4O6. The van der Waals surface area contributed by atoms with Gasteiger partial charge in [-0.25, -0.2) is 14.8 Å². The molecule has 2 aliphatic heterocycles. The summed E-state index contributed by atoms with van der Waals surface area (Å²) < 4.78 is 49.4. The second-order valence-corrected chi connectivity index (χ2v) is 13.8. The van der Waals surface area contributed by atoms with Gasteiger partial charge in [0, 0.05) is 18.4 Å². The lowest BCUT2D eigenvalue weighted by Crippen LogP contribution is -2.58.